The molecule has 1 aromatic heterocycles. The summed E-state index contributed by atoms with van der Waals surface area (Å²) in [5.41, 5.74) is 1.85. The van der Waals surface area contributed by atoms with Gasteiger partial charge >= 0.3 is 0 Å². The number of nitrogens with zero attached hydrogens (tertiary/aromatic N) is 2. The van der Waals surface area contributed by atoms with E-state index in [1.54, 1.807) is 12.4 Å². The van der Waals surface area contributed by atoms with Crippen molar-refractivity contribution in [2.24, 2.45) is 0 Å². The molecular formula is C11H18N2O2. The van der Waals surface area contributed by atoms with Crippen LogP contribution in [0.1, 0.15) is 12.5 Å². The zero-order chi connectivity index (χ0) is 11.1. The molecule has 0 atom stereocenters. The summed E-state index contributed by atoms with van der Waals surface area (Å²) >= 11 is 0. The number of pyridine rings is 1. The fourth-order valence-corrected chi connectivity index (χ4v) is 1.38. The number of hydrogen-bond acceptors (Lipinski definition) is 4. The van der Waals surface area contributed by atoms with Crippen molar-refractivity contribution in [3.63, 3.8) is 0 Å². The van der Waals surface area contributed by atoms with E-state index in [1.165, 1.54) is 0 Å². The van der Waals surface area contributed by atoms with Gasteiger partial charge in [0.15, 0.2) is 0 Å². The van der Waals surface area contributed by atoms with E-state index in [4.69, 9.17) is 9.84 Å². The maximum absolute atomic E-state index is 9.14. The number of anilines is 1. The number of hydrogen-bond donors (Lipinski definition) is 1. The highest BCUT2D eigenvalue weighted by molar-refractivity contribution is 5.51. The Hall–Kier alpha value is -1.13. The maximum atomic E-state index is 9.14. The first kappa shape index (κ1) is 11.9. The van der Waals surface area contributed by atoms with E-state index in [1.807, 2.05) is 20.0 Å². The summed E-state index contributed by atoms with van der Waals surface area (Å²) in [7, 11) is 1.98. The van der Waals surface area contributed by atoms with Crippen LogP contribution < -0.4 is 4.90 Å². The van der Waals surface area contributed by atoms with Crippen molar-refractivity contribution in [3.8, 4) is 0 Å². The van der Waals surface area contributed by atoms with Gasteiger partial charge in [-0.05, 0) is 13.0 Å². The molecule has 0 saturated carbocycles. The molecule has 1 aromatic rings. The number of likely N-dealkylation sites (N-methyl/N-ethyl adjacent to an activating group) is 1. The summed E-state index contributed by atoms with van der Waals surface area (Å²) in [6, 6.07) is 1.90. The maximum Gasteiger partial charge on any atom is 0.0717 e. The van der Waals surface area contributed by atoms with Gasteiger partial charge in [0.1, 0.15) is 0 Å². The molecular weight excluding hydrogens is 192 g/mol. The summed E-state index contributed by atoms with van der Waals surface area (Å²) in [5, 5.41) is 9.14. The van der Waals surface area contributed by atoms with E-state index in [-0.39, 0.29) is 6.61 Å². The van der Waals surface area contributed by atoms with E-state index in [2.05, 4.69) is 9.88 Å². The quantitative estimate of drug-likeness (QED) is 0.713. The van der Waals surface area contributed by atoms with Crippen molar-refractivity contribution < 1.29 is 9.84 Å². The molecule has 1 rings (SSSR count). The fourth-order valence-electron chi connectivity index (χ4n) is 1.38. The van der Waals surface area contributed by atoms with Crippen molar-refractivity contribution in [3.05, 3.63) is 24.0 Å². The highest BCUT2D eigenvalue weighted by Crippen LogP contribution is 2.17. The largest absolute Gasteiger partial charge is 0.392 e. The van der Waals surface area contributed by atoms with Gasteiger partial charge in [0.05, 0.1) is 13.2 Å². The highest BCUT2D eigenvalue weighted by atomic mass is 16.5. The fraction of sp³-hybridized carbons (Fsp3) is 0.545. The summed E-state index contributed by atoms with van der Waals surface area (Å²) < 4.78 is 5.28. The predicted octanol–water partition coefficient (Wildman–Crippen LogP) is 1.05. The van der Waals surface area contributed by atoms with E-state index < -0.39 is 0 Å². The second kappa shape index (κ2) is 6.37. The third kappa shape index (κ3) is 3.49. The average Bonchev–Trinajstić information content (AvgIpc) is 2.29. The smallest absolute Gasteiger partial charge is 0.0717 e. The number of aromatic nitrogens is 1. The minimum atomic E-state index is 0.0160. The van der Waals surface area contributed by atoms with Gasteiger partial charge in [0, 0.05) is 43.8 Å². The van der Waals surface area contributed by atoms with Crippen molar-refractivity contribution in [1.29, 1.82) is 0 Å². The molecule has 4 nitrogen and oxygen atoms in total. The number of aliphatic hydroxyl groups excluding tert-OH is 1. The average molecular weight is 210 g/mol. The molecule has 0 aromatic carbocycles. The van der Waals surface area contributed by atoms with Crippen LogP contribution in [0.3, 0.4) is 0 Å². The molecule has 0 unspecified atom stereocenters. The van der Waals surface area contributed by atoms with Crippen molar-refractivity contribution in [1.82, 2.24) is 4.98 Å². The van der Waals surface area contributed by atoms with E-state index in [9.17, 15) is 0 Å². The first-order valence-electron chi connectivity index (χ1n) is 5.12. The molecule has 84 valence electrons. The van der Waals surface area contributed by atoms with E-state index in [0.717, 1.165) is 24.4 Å². The lowest BCUT2D eigenvalue weighted by Gasteiger charge is -2.21. The number of ether oxygens (including phenoxy) is 1. The topological polar surface area (TPSA) is 45.6 Å². The summed E-state index contributed by atoms with van der Waals surface area (Å²) in [6.45, 7) is 4.23. The van der Waals surface area contributed by atoms with Crippen LogP contribution in [0.4, 0.5) is 5.69 Å². The molecule has 0 aliphatic heterocycles. The molecule has 0 bridgehead atoms. The van der Waals surface area contributed by atoms with Crippen molar-refractivity contribution in [2.45, 2.75) is 13.5 Å². The van der Waals surface area contributed by atoms with Crippen LogP contribution in [0.2, 0.25) is 0 Å². The minimum absolute atomic E-state index is 0.0160. The molecule has 0 amide bonds. The van der Waals surface area contributed by atoms with Crippen LogP contribution in [-0.4, -0.2) is 36.9 Å². The zero-order valence-corrected chi connectivity index (χ0v) is 9.31. The second-order valence-electron chi connectivity index (χ2n) is 3.28. The first-order chi connectivity index (χ1) is 7.29. The Kier molecular flexibility index (Phi) is 5.07. The van der Waals surface area contributed by atoms with E-state index >= 15 is 0 Å². The first-order valence-corrected chi connectivity index (χ1v) is 5.12. The molecule has 0 aliphatic carbocycles. The lowest BCUT2D eigenvalue weighted by molar-refractivity contribution is 0.154. The monoisotopic (exact) mass is 210 g/mol. The predicted molar refractivity (Wildman–Crippen MR) is 59.9 cm³/mol. The third-order valence-corrected chi connectivity index (χ3v) is 2.23. The zero-order valence-electron chi connectivity index (χ0n) is 9.31. The Morgan fingerprint density at radius 2 is 2.33 bits per heavy atom. The highest BCUT2D eigenvalue weighted by Gasteiger charge is 2.05. The third-order valence-electron chi connectivity index (χ3n) is 2.23. The Bertz CT molecular complexity index is 292. The molecule has 1 heterocycles. The SMILES string of the molecule is CCOCCN(C)c1ccncc1CO. The van der Waals surface area contributed by atoms with Gasteiger partial charge < -0.3 is 14.7 Å². The Morgan fingerprint density at radius 1 is 1.53 bits per heavy atom. The summed E-state index contributed by atoms with van der Waals surface area (Å²) in [4.78, 5) is 6.04. The number of aliphatic hydroxyl groups is 1. The Morgan fingerprint density at radius 3 is 3.00 bits per heavy atom. The molecule has 0 spiro atoms. The number of rotatable bonds is 6. The van der Waals surface area contributed by atoms with Gasteiger partial charge in [0.25, 0.3) is 0 Å². The lowest BCUT2D eigenvalue weighted by Crippen LogP contribution is -2.23. The van der Waals surface area contributed by atoms with Gasteiger partial charge in [0.2, 0.25) is 0 Å². The molecule has 4 heteroatoms. The van der Waals surface area contributed by atoms with Crippen LogP contribution in [0.25, 0.3) is 0 Å². The van der Waals surface area contributed by atoms with Crippen molar-refractivity contribution in [2.75, 3.05) is 31.7 Å². The minimum Gasteiger partial charge on any atom is -0.392 e. The molecule has 15 heavy (non-hydrogen) atoms. The molecule has 0 fully saturated rings. The van der Waals surface area contributed by atoms with Crippen LogP contribution >= 0.6 is 0 Å². The Balaban J connectivity index is 2.59. The molecule has 0 radical (unpaired) electrons. The van der Waals surface area contributed by atoms with Gasteiger partial charge in [-0.2, -0.15) is 0 Å². The Labute approximate surface area is 90.5 Å². The van der Waals surface area contributed by atoms with Crippen LogP contribution in [0, 0.1) is 0 Å². The summed E-state index contributed by atoms with van der Waals surface area (Å²) in [5.74, 6) is 0. The molecule has 0 aliphatic rings. The normalized spacial score (nSPS) is 10.3. The van der Waals surface area contributed by atoms with Crippen molar-refractivity contribution >= 4 is 5.69 Å². The second-order valence-corrected chi connectivity index (χ2v) is 3.28. The van der Waals surface area contributed by atoms with Gasteiger partial charge in [-0.25, -0.2) is 0 Å². The van der Waals surface area contributed by atoms with Gasteiger partial charge in [-0.1, -0.05) is 0 Å². The summed E-state index contributed by atoms with van der Waals surface area (Å²) in [6.07, 6.45) is 3.41. The van der Waals surface area contributed by atoms with Crippen LogP contribution in [0.15, 0.2) is 18.5 Å². The molecule has 1 N–H and O–H groups in total. The standard InChI is InChI=1S/C11H18N2O2/c1-3-15-7-6-13(2)11-4-5-12-8-10(11)9-14/h4-5,8,14H,3,6-7,9H2,1-2H3. The molecule has 0 saturated heterocycles. The van der Waals surface area contributed by atoms with Crippen LogP contribution in [-0.2, 0) is 11.3 Å². The van der Waals surface area contributed by atoms with Crippen LogP contribution in [0.5, 0.6) is 0 Å². The van der Waals surface area contributed by atoms with E-state index in [0.29, 0.717) is 6.61 Å². The lowest BCUT2D eigenvalue weighted by atomic mass is 10.2. The van der Waals surface area contributed by atoms with Gasteiger partial charge in [-0.3, -0.25) is 4.98 Å². The van der Waals surface area contributed by atoms with Gasteiger partial charge in [-0.15, -0.1) is 0 Å².